The van der Waals surface area contributed by atoms with Crippen molar-refractivity contribution < 1.29 is 23.6 Å². The number of halogens is 3. The van der Waals surface area contributed by atoms with Gasteiger partial charge in [0.1, 0.15) is 22.7 Å². The zero-order valence-corrected chi connectivity index (χ0v) is 36.2. The lowest BCUT2D eigenvalue weighted by atomic mass is 9.55. The first-order chi connectivity index (χ1) is 30.1. The molecule has 5 amide bonds. The molecule has 6 N–H and O–H groups in total. The van der Waals surface area contributed by atoms with E-state index in [1.54, 1.807) is 30.5 Å². The fraction of sp³-hybridized carbons (Fsp3) is 0.500. The second kappa shape index (κ2) is 17.8. The van der Waals surface area contributed by atoms with Crippen molar-refractivity contribution in [3.63, 3.8) is 0 Å². The number of urea groups is 1. The zero-order valence-electron chi connectivity index (χ0n) is 34.7. The molecule has 2 aromatic heterocycles. The molecule has 2 aromatic carbocycles. The molecule has 0 unspecified atom stereocenters. The summed E-state index contributed by atoms with van der Waals surface area (Å²) in [5.41, 5.74) is 1.29. The molecule has 2 spiro atoms. The number of carbonyl (C=O) groups is 4. The number of nitrogens with one attached hydrogen (secondary N) is 6. The van der Waals surface area contributed by atoms with E-state index in [1.807, 2.05) is 28.8 Å². The van der Waals surface area contributed by atoms with E-state index in [-0.39, 0.29) is 40.8 Å². The van der Waals surface area contributed by atoms with Gasteiger partial charge in [-0.2, -0.15) is 0 Å². The van der Waals surface area contributed by atoms with Crippen LogP contribution in [0, 0.1) is 11.7 Å². The minimum atomic E-state index is -1.25. The minimum Gasteiger partial charge on any atom is -0.385 e. The molecule has 0 radical (unpaired) electrons. The van der Waals surface area contributed by atoms with Crippen molar-refractivity contribution in [3.05, 3.63) is 87.9 Å². The molecule has 4 fully saturated rings. The summed E-state index contributed by atoms with van der Waals surface area (Å²) in [4.78, 5) is 59.1. The summed E-state index contributed by atoms with van der Waals surface area (Å²) in [5, 5.41) is 20.1. The second-order valence-electron chi connectivity index (χ2n) is 17.8. The molecule has 2 aliphatic carbocycles. The fourth-order valence-corrected chi connectivity index (χ4v) is 11.5. The third-order valence-corrected chi connectivity index (χ3v) is 14.6. The summed E-state index contributed by atoms with van der Waals surface area (Å²) in [7, 11) is 0. The van der Waals surface area contributed by atoms with Crippen LogP contribution in [0.2, 0.25) is 10.0 Å². The van der Waals surface area contributed by atoms with Gasteiger partial charge in [-0.15, -0.1) is 0 Å². The van der Waals surface area contributed by atoms with Crippen molar-refractivity contribution in [2.75, 3.05) is 41.7 Å². The van der Waals surface area contributed by atoms with Crippen LogP contribution >= 0.6 is 23.2 Å². The summed E-state index contributed by atoms with van der Waals surface area (Å²) in [6.07, 6.45) is 14.8. The fourth-order valence-electron chi connectivity index (χ4n) is 11.2. The van der Waals surface area contributed by atoms with Crippen molar-refractivity contribution in [1.82, 2.24) is 30.7 Å². The molecule has 3 aliphatic heterocycles. The molecular weight excluding hydrogens is 832 g/mol. The number of carbonyl (C=O) groups excluding carboxylic acids is 4. The number of pyridine rings is 1. The highest BCUT2D eigenvalue weighted by molar-refractivity contribution is 6.31. The Kier molecular flexibility index (Phi) is 12.2. The Morgan fingerprint density at radius 2 is 1.74 bits per heavy atom. The maximum atomic E-state index is 16.3. The van der Waals surface area contributed by atoms with E-state index in [9.17, 15) is 19.2 Å². The number of imidazole rings is 1. The first kappa shape index (κ1) is 42.5. The number of nitrogens with zero attached hydrogens (tertiary/aromatic N) is 3. The van der Waals surface area contributed by atoms with Crippen LogP contribution in [-0.2, 0) is 19.8 Å². The van der Waals surface area contributed by atoms with Gasteiger partial charge in [-0.05, 0) is 106 Å². The Bertz CT molecular complexity index is 2360. The lowest BCUT2D eigenvalue weighted by Gasteiger charge is -2.47. The lowest BCUT2D eigenvalue weighted by molar-refractivity contribution is -0.125. The van der Waals surface area contributed by atoms with E-state index >= 15 is 4.39 Å². The summed E-state index contributed by atoms with van der Waals surface area (Å²) < 4.78 is 18.1. The van der Waals surface area contributed by atoms with E-state index in [2.05, 4.69) is 36.9 Å². The Balaban J connectivity index is 0.758. The molecular formula is C46H54Cl2FN9O4. The third-order valence-electron chi connectivity index (χ3n) is 14.1. The largest absolute Gasteiger partial charge is 0.385 e. The van der Waals surface area contributed by atoms with Crippen LogP contribution in [0.5, 0.6) is 0 Å². The van der Waals surface area contributed by atoms with Crippen LogP contribution in [0.3, 0.4) is 0 Å². The van der Waals surface area contributed by atoms with Crippen LogP contribution in [0.4, 0.5) is 26.4 Å². The van der Waals surface area contributed by atoms with E-state index in [4.69, 9.17) is 23.2 Å². The Morgan fingerprint density at radius 3 is 2.55 bits per heavy atom. The average Bonchev–Trinajstić information content (AvgIpc) is 3.90. The summed E-state index contributed by atoms with van der Waals surface area (Å²) in [5.74, 6) is -1.00. The number of aromatic nitrogens is 2. The van der Waals surface area contributed by atoms with Gasteiger partial charge in [0, 0.05) is 65.7 Å². The van der Waals surface area contributed by atoms with Crippen LogP contribution in [-0.4, -0.2) is 76.9 Å². The predicted octanol–water partition coefficient (Wildman–Crippen LogP) is 7.42. The molecule has 0 bridgehead atoms. The lowest BCUT2D eigenvalue weighted by Crippen LogP contribution is -2.60. The van der Waals surface area contributed by atoms with Gasteiger partial charge in [0.05, 0.1) is 17.3 Å². The van der Waals surface area contributed by atoms with Crippen molar-refractivity contribution in [2.24, 2.45) is 5.92 Å². The van der Waals surface area contributed by atoms with E-state index in [1.165, 1.54) is 11.0 Å². The van der Waals surface area contributed by atoms with Gasteiger partial charge < -0.3 is 21.3 Å². The number of anilines is 3. The molecule has 3 atom stereocenters. The maximum Gasteiger partial charge on any atom is 0.329 e. The molecule has 2 saturated heterocycles. The van der Waals surface area contributed by atoms with Gasteiger partial charge >= 0.3 is 6.03 Å². The number of benzene rings is 2. The van der Waals surface area contributed by atoms with E-state index < -0.39 is 34.8 Å². The topological polar surface area (TPSA) is 161 Å². The molecule has 2 saturated carbocycles. The molecule has 5 aliphatic rings. The van der Waals surface area contributed by atoms with Crippen LogP contribution in [0.15, 0.2) is 60.9 Å². The van der Waals surface area contributed by atoms with Crippen LogP contribution < -0.4 is 36.8 Å². The molecule has 5 heterocycles. The molecule has 13 nitrogen and oxygen atoms in total. The highest BCUT2D eigenvalue weighted by Crippen LogP contribution is 2.62. The Labute approximate surface area is 370 Å². The molecule has 4 aromatic rings. The maximum absolute atomic E-state index is 16.3. The standard InChI is InChI=1S/C46H54Cl2FN9O4/c47-29-12-15-33-35(24-29)54-43(61)46(33)39(32-8-7-9-34(48)40(32)49)41(56-45(46)18-3-1-4-19-45)42(60)53-30-13-10-28(11-14-30)26-50-20-5-2-6-21-51-31-16-22-57-36(25-31)52-27-38(57)58-23-17-37(59)55-44(58)62/h7-9,12,15-16,22,24-25,27-28,30,39,41,50-51,56H,1-6,10-11,13-14,17-21,23,26H2,(H,53,60)(H,54,61)(H,55,59,62)/t28?,30?,39-,41+,46+/m0/s1. The van der Waals surface area contributed by atoms with Gasteiger partial charge in [-0.3, -0.25) is 34.3 Å². The number of rotatable bonds is 13. The van der Waals surface area contributed by atoms with E-state index in [0.29, 0.717) is 41.8 Å². The molecule has 328 valence electrons. The van der Waals surface area contributed by atoms with Gasteiger partial charge in [-0.25, -0.2) is 14.2 Å². The number of hydrogen-bond acceptors (Lipinski definition) is 8. The first-order valence-corrected chi connectivity index (χ1v) is 23.0. The van der Waals surface area contributed by atoms with E-state index in [0.717, 1.165) is 101 Å². The summed E-state index contributed by atoms with van der Waals surface area (Å²) in [6, 6.07) is 12.9. The number of fused-ring (bicyclic) bond motifs is 4. The number of hydrogen-bond donors (Lipinski definition) is 6. The third kappa shape index (κ3) is 7.81. The van der Waals surface area contributed by atoms with Gasteiger partial charge in [0.2, 0.25) is 17.7 Å². The molecule has 16 heteroatoms. The zero-order chi connectivity index (χ0) is 43.0. The quantitative estimate of drug-likeness (QED) is 0.0757. The molecule has 62 heavy (non-hydrogen) atoms. The van der Waals surface area contributed by atoms with Gasteiger partial charge in [0.25, 0.3) is 0 Å². The van der Waals surface area contributed by atoms with Crippen molar-refractivity contribution in [1.29, 1.82) is 0 Å². The highest BCUT2D eigenvalue weighted by Gasteiger charge is 2.72. The minimum absolute atomic E-state index is 0.0142. The Hall–Kier alpha value is -4.76. The van der Waals surface area contributed by atoms with Crippen molar-refractivity contribution >= 4 is 69.8 Å². The van der Waals surface area contributed by atoms with Gasteiger partial charge in [-0.1, -0.05) is 67.1 Å². The summed E-state index contributed by atoms with van der Waals surface area (Å²) >= 11 is 12.8. The highest BCUT2D eigenvalue weighted by atomic mass is 35.5. The summed E-state index contributed by atoms with van der Waals surface area (Å²) in [6.45, 7) is 3.03. The average molecular weight is 887 g/mol. The molecule has 9 rings (SSSR count). The normalized spacial score (nSPS) is 25.6. The van der Waals surface area contributed by atoms with Crippen molar-refractivity contribution in [2.45, 2.75) is 112 Å². The number of imide groups is 1. The first-order valence-electron chi connectivity index (χ1n) is 22.2. The van der Waals surface area contributed by atoms with Crippen LogP contribution in [0.1, 0.15) is 101 Å². The smallest absolute Gasteiger partial charge is 0.329 e. The second-order valence-corrected chi connectivity index (χ2v) is 18.6. The van der Waals surface area contributed by atoms with Gasteiger partial charge in [0.15, 0.2) is 0 Å². The monoisotopic (exact) mass is 885 g/mol. The SMILES string of the molecule is O=C1CCN(c2cnc3cc(NCCCCCNCC4CCC(NC(=O)[C@@H]5NC6(CCCCC6)[C@@]6(C(=O)Nc7cc(Cl)ccc76)[C@H]5c5cccc(Cl)c5F)CC4)ccn23)C(=O)N1. The van der Waals surface area contributed by atoms with Crippen molar-refractivity contribution in [3.8, 4) is 0 Å². The number of unbranched alkanes of at least 4 members (excludes halogenated alkanes) is 2. The number of amides is 5. The Morgan fingerprint density at radius 1 is 0.935 bits per heavy atom. The predicted molar refractivity (Wildman–Crippen MR) is 238 cm³/mol. The van der Waals surface area contributed by atoms with Crippen LogP contribution in [0.25, 0.3) is 5.65 Å².